The van der Waals surface area contributed by atoms with Gasteiger partial charge in [-0.1, -0.05) is 18.2 Å². The first-order chi connectivity index (χ1) is 14.5. The maximum absolute atomic E-state index is 13.5. The third-order valence-electron chi connectivity index (χ3n) is 5.71. The largest absolute Gasteiger partial charge is 0.493 e. The highest BCUT2D eigenvalue weighted by molar-refractivity contribution is 5.79. The van der Waals surface area contributed by atoms with Gasteiger partial charge in [-0.2, -0.15) is 0 Å². The number of hydrogen-bond acceptors (Lipinski definition) is 4. The van der Waals surface area contributed by atoms with Gasteiger partial charge in [0.05, 0.1) is 20.1 Å². The van der Waals surface area contributed by atoms with E-state index >= 15 is 0 Å². The summed E-state index contributed by atoms with van der Waals surface area (Å²) in [5, 5.41) is 0. The summed E-state index contributed by atoms with van der Waals surface area (Å²) in [6.07, 6.45) is 2.64. The van der Waals surface area contributed by atoms with Crippen molar-refractivity contribution in [1.82, 2.24) is 9.80 Å². The Morgan fingerprint density at radius 2 is 1.93 bits per heavy atom. The van der Waals surface area contributed by atoms with Gasteiger partial charge in [-0.15, -0.1) is 0 Å². The molecule has 0 spiro atoms. The van der Waals surface area contributed by atoms with E-state index in [1.807, 2.05) is 36.2 Å². The molecule has 0 bridgehead atoms. The van der Waals surface area contributed by atoms with Crippen molar-refractivity contribution >= 4 is 5.91 Å². The molecule has 162 valence electrons. The minimum absolute atomic E-state index is 0.0114. The molecule has 0 aromatic heterocycles. The Bertz CT molecular complexity index is 858. The van der Waals surface area contributed by atoms with Gasteiger partial charge in [0.2, 0.25) is 5.91 Å². The predicted molar refractivity (Wildman–Crippen MR) is 115 cm³/mol. The Labute approximate surface area is 178 Å². The Balaban J connectivity index is 1.53. The molecule has 30 heavy (non-hydrogen) atoms. The fourth-order valence-corrected chi connectivity index (χ4v) is 4.05. The third kappa shape index (κ3) is 5.72. The van der Waals surface area contributed by atoms with Gasteiger partial charge in [0.1, 0.15) is 5.82 Å². The van der Waals surface area contributed by atoms with E-state index in [1.54, 1.807) is 26.4 Å². The smallest absolute Gasteiger partial charge is 0.226 e. The third-order valence-corrected chi connectivity index (χ3v) is 5.71. The first-order valence-electron chi connectivity index (χ1n) is 10.4. The number of piperidine rings is 1. The number of halogens is 1. The van der Waals surface area contributed by atoms with Crippen molar-refractivity contribution in [1.29, 1.82) is 0 Å². The zero-order valence-corrected chi connectivity index (χ0v) is 18.1. The van der Waals surface area contributed by atoms with Crippen LogP contribution in [0, 0.1) is 11.7 Å². The number of ether oxygens (including phenoxy) is 2. The molecule has 2 aromatic carbocycles. The number of nitrogens with zero attached hydrogens (tertiary/aromatic N) is 2. The van der Waals surface area contributed by atoms with E-state index in [4.69, 9.17) is 9.47 Å². The van der Waals surface area contributed by atoms with Crippen molar-refractivity contribution in [2.24, 2.45) is 5.92 Å². The van der Waals surface area contributed by atoms with Crippen molar-refractivity contribution < 1.29 is 18.7 Å². The predicted octanol–water partition coefficient (Wildman–Crippen LogP) is 3.76. The molecule has 1 saturated heterocycles. The molecule has 0 aliphatic carbocycles. The normalized spacial score (nSPS) is 16.9. The van der Waals surface area contributed by atoms with Crippen LogP contribution in [0.15, 0.2) is 42.5 Å². The lowest BCUT2D eigenvalue weighted by Gasteiger charge is -2.34. The standard InChI is InChI=1S/C24H31FN2O3/c1-26(13-11-18-9-10-22(29-2)23(15-18)30-3)24(28)20-7-5-12-27(17-20)16-19-6-4-8-21(25)14-19/h4,6,8-10,14-15,20H,5,7,11-13,16-17H2,1-3H3/t20-/m1/s1. The summed E-state index contributed by atoms with van der Waals surface area (Å²) in [5.41, 5.74) is 2.05. The Kier molecular flexibility index (Phi) is 7.69. The average Bonchev–Trinajstić information content (AvgIpc) is 2.76. The van der Waals surface area contributed by atoms with E-state index < -0.39 is 0 Å². The highest BCUT2D eigenvalue weighted by Crippen LogP contribution is 2.28. The second kappa shape index (κ2) is 10.4. The number of likely N-dealkylation sites (tertiary alicyclic amines) is 1. The van der Waals surface area contributed by atoms with Crippen molar-refractivity contribution in [2.75, 3.05) is 40.9 Å². The van der Waals surface area contributed by atoms with Crippen LogP contribution in [0.2, 0.25) is 0 Å². The maximum atomic E-state index is 13.5. The van der Waals surface area contributed by atoms with Gasteiger partial charge in [-0.05, 0) is 61.2 Å². The van der Waals surface area contributed by atoms with Crippen molar-refractivity contribution in [2.45, 2.75) is 25.8 Å². The number of carbonyl (C=O) groups excluding carboxylic acids is 1. The first-order valence-corrected chi connectivity index (χ1v) is 10.4. The van der Waals surface area contributed by atoms with Gasteiger partial charge in [0.25, 0.3) is 0 Å². The summed E-state index contributed by atoms with van der Waals surface area (Å²) >= 11 is 0. The van der Waals surface area contributed by atoms with E-state index in [2.05, 4.69) is 4.90 Å². The lowest BCUT2D eigenvalue weighted by Crippen LogP contribution is -2.43. The lowest BCUT2D eigenvalue weighted by molar-refractivity contribution is -0.136. The number of carbonyl (C=O) groups is 1. The summed E-state index contributed by atoms with van der Waals surface area (Å²) in [6.45, 7) is 2.98. The number of amides is 1. The van der Waals surface area contributed by atoms with Gasteiger partial charge >= 0.3 is 0 Å². The first kappa shape index (κ1) is 22.1. The molecule has 0 unspecified atom stereocenters. The molecule has 0 N–H and O–H groups in total. The Morgan fingerprint density at radius 1 is 1.13 bits per heavy atom. The molecule has 1 fully saturated rings. The molecule has 0 saturated carbocycles. The summed E-state index contributed by atoms with van der Waals surface area (Å²) in [7, 11) is 5.11. The van der Waals surface area contributed by atoms with Crippen molar-refractivity contribution in [3.8, 4) is 11.5 Å². The Hall–Kier alpha value is -2.60. The number of hydrogen-bond donors (Lipinski definition) is 0. The van der Waals surface area contributed by atoms with Gasteiger partial charge in [0, 0.05) is 26.7 Å². The number of methoxy groups -OCH3 is 2. The summed E-state index contributed by atoms with van der Waals surface area (Å²) < 4.78 is 24.1. The maximum Gasteiger partial charge on any atom is 0.226 e. The average molecular weight is 415 g/mol. The molecule has 3 rings (SSSR count). The molecule has 1 amide bonds. The summed E-state index contributed by atoms with van der Waals surface area (Å²) in [6, 6.07) is 12.5. The van der Waals surface area contributed by atoms with Crippen molar-refractivity contribution in [3.05, 3.63) is 59.4 Å². The molecular weight excluding hydrogens is 383 g/mol. The van der Waals surface area contributed by atoms with E-state index in [0.29, 0.717) is 24.6 Å². The van der Waals surface area contributed by atoms with Crippen LogP contribution in [-0.4, -0.2) is 56.6 Å². The number of benzene rings is 2. The SMILES string of the molecule is COc1ccc(CCN(C)C(=O)[C@@H]2CCCN(Cc3cccc(F)c3)C2)cc1OC. The number of likely N-dealkylation sites (N-methyl/N-ethyl adjacent to an activating group) is 1. The summed E-state index contributed by atoms with van der Waals surface area (Å²) in [5.74, 6) is 1.35. The monoisotopic (exact) mass is 414 g/mol. The van der Waals surface area contributed by atoms with Crippen molar-refractivity contribution in [3.63, 3.8) is 0 Å². The van der Waals surface area contributed by atoms with E-state index in [9.17, 15) is 9.18 Å². The van der Waals surface area contributed by atoms with Crippen LogP contribution in [-0.2, 0) is 17.8 Å². The van der Waals surface area contributed by atoms with Crippen LogP contribution in [0.5, 0.6) is 11.5 Å². The molecule has 1 atom stereocenters. The molecule has 1 heterocycles. The number of rotatable bonds is 8. The molecule has 1 aliphatic rings. The zero-order valence-electron chi connectivity index (χ0n) is 18.1. The second-order valence-electron chi connectivity index (χ2n) is 7.90. The lowest BCUT2D eigenvalue weighted by atomic mass is 9.96. The van der Waals surface area contributed by atoms with E-state index in [1.165, 1.54) is 6.07 Å². The second-order valence-corrected chi connectivity index (χ2v) is 7.90. The highest BCUT2D eigenvalue weighted by atomic mass is 19.1. The molecule has 6 heteroatoms. The van der Waals surface area contributed by atoms with Crippen LogP contribution >= 0.6 is 0 Å². The summed E-state index contributed by atoms with van der Waals surface area (Å²) in [4.78, 5) is 17.1. The van der Waals surface area contributed by atoms with Gasteiger partial charge < -0.3 is 14.4 Å². The highest BCUT2D eigenvalue weighted by Gasteiger charge is 2.28. The van der Waals surface area contributed by atoms with E-state index in [0.717, 1.165) is 43.5 Å². The fraction of sp³-hybridized carbons (Fsp3) is 0.458. The molecular formula is C24H31FN2O3. The van der Waals surface area contributed by atoms with Gasteiger partial charge in [0.15, 0.2) is 11.5 Å². The minimum Gasteiger partial charge on any atom is -0.493 e. The molecule has 1 aliphatic heterocycles. The molecule has 2 aromatic rings. The van der Waals surface area contributed by atoms with Crippen LogP contribution in [0.1, 0.15) is 24.0 Å². The molecule has 5 nitrogen and oxygen atoms in total. The van der Waals surface area contributed by atoms with Gasteiger partial charge in [-0.25, -0.2) is 4.39 Å². The van der Waals surface area contributed by atoms with Crippen LogP contribution in [0.25, 0.3) is 0 Å². The van der Waals surface area contributed by atoms with Crippen LogP contribution < -0.4 is 9.47 Å². The van der Waals surface area contributed by atoms with E-state index in [-0.39, 0.29) is 17.6 Å². The van der Waals surface area contributed by atoms with Gasteiger partial charge in [-0.3, -0.25) is 9.69 Å². The minimum atomic E-state index is -0.216. The zero-order chi connectivity index (χ0) is 21.5. The molecule has 0 radical (unpaired) electrons. The quantitative estimate of drug-likeness (QED) is 0.660. The Morgan fingerprint density at radius 3 is 2.67 bits per heavy atom. The fourth-order valence-electron chi connectivity index (χ4n) is 4.05. The van der Waals surface area contributed by atoms with Crippen LogP contribution in [0.3, 0.4) is 0 Å². The topological polar surface area (TPSA) is 42.0 Å². The van der Waals surface area contributed by atoms with Crippen LogP contribution in [0.4, 0.5) is 4.39 Å².